The van der Waals surface area contributed by atoms with Gasteiger partial charge in [0, 0.05) is 33.4 Å². The first-order chi connectivity index (χ1) is 15.5. The summed E-state index contributed by atoms with van der Waals surface area (Å²) in [6.45, 7) is -0.0222. The molecule has 2 aromatic carbocycles. The summed E-state index contributed by atoms with van der Waals surface area (Å²) < 4.78 is 21.7. The topological polar surface area (TPSA) is 108 Å². The number of halogens is 1. The average molecular weight is 431 g/mol. The van der Waals surface area contributed by atoms with Crippen LogP contribution < -0.4 is 10.7 Å². The van der Waals surface area contributed by atoms with Crippen molar-refractivity contribution in [2.75, 3.05) is 0 Å². The summed E-state index contributed by atoms with van der Waals surface area (Å²) in [6, 6.07) is 12.4. The molecule has 0 aliphatic heterocycles. The van der Waals surface area contributed by atoms with Gasteiger partial charge in [0.15, 0.2) is 0 Å². The first kappa shape index (κ1) is 19.9. The van der Waals surface area contributed by atoms with Gasteiger partial charge in [-0.05, 0) is 48.4 Å². The Hall–Kier alpha value is -4.04. The van der Waals surface area contributed by atoms with Gasteiger partial charge in [0.1, 0.15) is 23.4 Å². The monoisotopic (exact) mass is 431 g/mol. The Labute approximate surface area is 180 Å². The van der Waals surface area contributed by atoms with Crippen molar-refractivity contribution in [1.29, 1.82) is 0 Å². The van der Waals surface area contributed by atoms with Crippen LogP contribution in [0.3, 0.4) is 0 Å². The molecule has 0 aliphatic carbocycles. The van der Waals surface area contributed by atoms with E-state index < -0.39 is 17.5 Å². The maximum Gasteiger partial charge on any atom is 0.362 e. The number of fused-ring (bicyclic) bond motifs is 5. The van der Waals surface area contributed by atoms with Crippen LogP contribution >= 0.6 is 0 Å². The van der Waals surface area contributed by atoms with Crippen molar-refractivity contribution in [1.82, 2.24) is 9.55 Å². The normalized spacial score (nSPS) is 12.6. The van der Waals surface area contributed by atoms with Gasteiger partial charge in [-0.1, -0.05) is 18.2 Å². The molecule has 1 atom stereocenters. The van der Waals surface area contributed by atoms with Crippen molar-refractivity contribution in [2.24, 2.45) is 0 Å². The standard InChI is InChI=1S/C24H16FN2O5/c25-19-5-3-13(9-16(30)12-28)8-14(19)11-27-20-6-4-15(29)10-18(20)21-17-2-1-7-26-23(17)32-24(31)22(21)27/h1-8,10,12,16,29H,9,11H2/q-1. The van der Waals surface area contributed by atoms with Crippen LogP contribution in [0.25, 0.3) is 32.9 Å². The molecule has 1 unspecified atom stereocenters. The largest absolute Gasteiger partial charge is 0.846 e. The highest BCUT2D eigenvalue weighted by molar-refractivity contribution is 6.18. The fraction of sp³-hybridized carbons (Fsp3) is 0.125. The number of benzene rings is 2. The van der Waals surface area contributed by atoms with Crippen LogP contribution in [0.15, 0.2) is 63.9 Å². The summed E-state index contributed by atoms with van der Waals surface area (Å²) >= 11 is 0. The molecule has 0 saturated heterocycles. The molecule has 5 aromatic rings. The van der Waals surface area contributed by atoms with Crippen LogP contribution in [-0.4, -0.2) is 27.0 Å². The van der Waals surface area contributed by atoms with Crippen LogP contribution in [0.2, 0.25) is 0 Å². The van der Waals surface area contributed by atoms with Gasteiger partial charge in [-0.15, -0.1) is 0 Å². The van der Waals surface area contributed by atoms with Crippen molar-refractivity contribution in [3.63, 3.8) is 0 Å². The van der Waals surface area contributed by atoms with Crippen LogP contribution in [0.1, 0.15) is 11.1 Å². The van der Waals surface area contributed by atoms with E-state index in [0.29, 0.717) is 33.5 Å². The molecule has 3 heterocycles. The average Bonchev–Trinajstić information content (AvgIpc) is 3.10. The number of carbonyl (C=O) groups excluding carboxylic acids is 1. The predicted octanol–water partition coefficient (Wildman–Crippen LogP) is 2.66. The molecule has 160 valence electrons. The molecule has 7 nitrogen and oxygen atoms in total. The molecule has 0 saturated carbocycles. The van der Waals surface area contributed by atoms with Gasteiger partial charge >= 0.3 is 5.63 Å². The minimum atomic E-state index is -1.43. The van der Waals surface area contributed by atoms with E-state index in [-0.39, 0.29) is 35.5 Å². The van der Waals surface area contributed by atoms with E-state index in [4.69, 9.17) is 4.42 Å². The highest BCUT2D eigenvalue weighted by Crippen LogP contribution is 2.34. The summed E-state index contributed by atoms with van der Waals surface area (Å²) in [5, 5.41) is 23.4. The predicted molar refractivity (Wildman–Crippen MR) is 114 cm³/mol. The first-order valence-electron chi connectivity index (χ1n) is 9.87. The second-order valence-corrected chi connectivity index (χ2v) is 7.56. The van der Waals surface area contributed by atoms with Crippen LogP contribution in [0.5, 0.6) is 5.75 Å². The Balaban J connectivity index is 1.78. The molecule has 0 amide bonds. The fourth-order valence-electron chi connectivity index (χ4n) is 4.12. The van der Waals surface area contributed by atoms with Crippen molar-refractivity contribution in [3.8, 4) is 5.75 Å². The van der Waals surface area contributed by atoms with E-state index in [1.807, 2.05) is 0 Å². The van der Waals surface area contributed by atoms with Gasteiger partial charge in [0.2, 0.25) is 5.71 Å². The molecule has 8 heteroatoms. The Morgan fingerprint density at radius 2 is 2.03 bits per heavy atom. The van der Waals surface area contributed by atoms with Gasteiger partial charge in [-0.25, -0.2) is 14.2 Å². The Morgan fingerprint density at radius 3 is 2.84 bits per heavy atom. The molecule has 0 fully saturated rings. The van der Waals surface area contributed by atoms with Crippen LogP contribution in [-0.2, 0) is 17.8 Å². The fourth-order valence-corrected chi connectivity index (χ4v) is 4.12. The van der Waals surface area contributed by atoms with Crippen molar-refractivity contribution >= 4 is 39.2 Å². The third-order valence-electron chi connectivity index (χ3n) is 5.50. The minimum Gasteiger partial charge on any atom is -0.846 e. The number of phenols is 1. The molecule has 0 bridgehead atoms. The van der Waals surface area contributed by atoms with E-state index in [0.717, 1.165) is 0 Å². The van der Waals surface area contributed by atoms with Crippen molar-refractivity contribution < 1.29 is 23.8 Å². The molecule has 0 aliphatic rings. The summed E-state index contributed by atoms with van der Waals surface area (Å²) in [5.74, 6) is -0.492. The summed E-state index contributed by atoms with van der Waals surface area (Å²) in [4.78, 5) is 27.8. The number of hydrogen-bond donors (Lipinski definition) is 1. The van der Waals surface area contributed by atoms with Gasteiger partial charge in [0.25, 0.3) is 0 Å². The summed E-state index contributed by atoms with van der Waals surface area (Å²) in [6.07, 6.45) is 0.329. The van der Waals surface area contributed by atoms with E-state index in [9.17, 15) is 24.2 Å². The number of pyridine rings is 1. The Bertz CT molecular complexity index is 1570. The van der Waals surface area contributed by atoms with Gasteiger partial charge in [-0.3, -0.25) is 0 Å². The lowest BCUT2D eigenvalue weighted by atomic mass is 10.0. The zero-order chi connectivity index (χ0) is 22.4. The Morgan fingerprint density at radius 1 is 1.19 bits per heavy atom. The number of aromatic hydroxyl groups is 1. The number of aldehydes is 1. The summed E-state index contributed by atoms with van der Waals surface area (Å²) in [7, 11) is 0. The second-order valence-electron chi connectivity index (χ2n) is 7.56. The lowest BCUT2D eigenvalue weighted by molar-refractivity contribution is -0.399. The summed E-state index contributed by atoms with van der Waals surface area (Å²) in [5.41, 5.74) is 1.10. The molecular weight excluding hydrogens is 415 g/mol. The van der Waals surface area contributed by atoms with E-state index in [2.05, 4.69) is 4.98 Å². The molecule has 0 radical (unpaired) electrons. The minimum absolute atomic E-state index is 0.0189. The molecule has 32 heavy (non-hydrogen) atoms. The molecule has 1 N–H and O–H groups in total. The number of nitrogens with zero attached hydrogens (tertiary/aromatic N) is 2. The highest BCUT2D eigenvalue weighted by atomic mass is 19.1. The zero-order valence-electron chi connectivity index (χ0n) is 16.6. The van der Waals surface area contributed by atoms with Crippen LogP contribution in [0, 0.1) is 5.82 Å². The number of carbonyl (C=O) groups is 1. The van der Waals surface area contributed by atoms with Gasteiger partial charge in [-0.2, -0.15) is 0 Å². The SMILES string of the molecule is O=CC([O-])Cc1ccc(F)c(Cn2c3ccc(O)cc3c3c4cccnc4oc(=O)c32)c1. The molecule has 5 rings (SSSR count). The van der Waals surface area contributed by atoms with Crippen LogP contribution in [0.4, 0.5) is 4.39 Å². The quantitative estimate of drug-likeness (QED) is 0.429. The van der Waals surface area contributed by atoms with Crippen molar-refractivity contribution in [3.05, 3.63) is 82.1 Å². The molecular formula is C24H16FN2O5-. The van der Waals surface area contributed by atoms with E-state index in [1.165, 1.54) is 30.5 Å². The zero-order valence-corrected chi connectivity index (χ0v) is 16.6. The van der Waals surface area contributed by atoms with E-state index >= 15 is 0 Å². The number of rotatable bonds is 5. The lowest BCUT2D eigenvalue weighted by Crippen LogP contribution is -2.28. The molecule has 3 aromatic heterocycles. The second kappa shape index (κ2) is 7.58. The lowest BCUT2D eigenvalue weighted by Gasteiger charge is -2.15. The maximum atomic E-state index is 14.7. The first-order valence-corrected chi connectivity index (χ1v) is 9.87. The van der Waals surface area contributed by atoms with Gasteiger partial charge in [0.05, 0.1) is 6.54 Å². The third-order valence-corrected chi connectivity index (χ3v) is 5.50. The number of hydrogen-bond acceptors (Lipinski definition) is 6. The van der Waals surface area contributed by atoms with E-state index in [1.54, 1.807) is 28.8 Å². The third kappa shape index (κ3) is 3.21. The Kier molecular flexibility index (Phi) is 4.71. The number of phenolic OH excluding ortho intramolecular Hbond substituents is 1. The smallest absolute Gasteiger partial charge is 0.362 e. The highest BCUT2D eigenvalue weighted by Gasteiger charge is 2.20. The maximum absolute atomic E-state index is 14.7. The van der Waals surface area contributed by atoms with Gasteiger partial charge < -0.3 is 24.0 Å². The van der Waals surface area contributed by atoms with Crippen molar-refractivity contribution in [2.45, 2.75) is 19.1 Å². The molecule has 0 spiro atoms. The number of aromatic nitrogens is 2.